The Morgan fingerprint density at radius 2 is 2.05 bits per heavy atom. The van der Waals surface area contributed by atoms with Gasteiger partial charge in [0.15, 0.2) is 0 Å². The summed E-state index contributed by atoms with van der Waals surface area (Å²) in [5.74, 6) is 2.23. The van der Waals surface area contributed by atoms with Gasteiger partial charge in [-0.15, -0.1) is 0 Å². The van der Waals surface area contributed by atoms with E-state index in [4.69, 9.17) is 0 Å². The number of hydrogen-bond donors (Lipinski definition) is 1. The minimum absolute atomic E-state index is 0.902. The van der Waals surface area contributed by atoms with Gasteiger partial charge in [0.25, 0.3) is 0 Å². The lowest BCUT2D eigenvalue weighted by molar-refractivity contribution is 0.729. The van der Waals surface area contributed by atoms with Gasteiger partial charge in [-0.25, -0.2) is 0 Å². The molecular weight excluding hydrogens is 252 g/mol. The molecule has 2 aromatic rings. The van der Waals surface area contributed by atoms with E-state index in [0.29, 0.717) is 0 Å². The molecule has 0 aliphatic heterocycles. The van der Waals surface area contributed by atoms with E-state index in [1.165, 1.54) is 16.7 Å². The fraction of sp³-hybridized carbons (Fsp3) is 0.312. The van der Waals surface area contributed by atoms with Gasteiger partial charge in [0.1, 0.15) is 0 Å². The number of aryl methyl sites for hydroxylation is 1. The average Bonchev–Trinajstić information content (AvgIpc) is 2.44. The van der Waals surface area contributed by atoms with E-state index in [0.717, 1.165) is 24.6 Å². The normalized spacial score (nSPS) is 10.6. The van der Waals surface area contributed by atoms with E-state index < -0.39 is 0 Å². The van der Waals surface area contributed by atoms with Crippen molar-refractivity contribution < 1.29 is 0 Å². The van der Waals surface area contributed by atoms with E-state index in [2.05, 4.69) is 47.6 Å². The molecule has 0 saturated heterocycles. The number of nitrogens with one attached hydrogen (secondary N) is 1. The van der Waals surface area contributed by atoms with Crippen LogP contribution in [0.3, 0.4) is 0 Å². The highest BCUT2D eigenvalue weighted by molar-refractivity contribution is 7.98. The molecule has 0 spiro atoms. The van der Waals surface area contributed by atoms with Crippen molar-refractivity contribution in [1.82, 2.24) is 10.3 Å². The number of pyridine rings is 1. The Morgan fingerprint density at radius 3 is 2.84 bits per heavy atom. The third-order valence-electron chi connectivity index (χ3n) is 2.83. The Bertz CT molecular complexity index is 485. The fourth-order valence-electron chi connectivity index (χ4n) is 1.87. The highest BCUT2D eigenvalue weighted by Gasteiger charge is 1.95. The van der Waals surface area contributed by atoms with Gasteiger partial charge < -0.3 is 5.32 Å². The molecule has 0 aliphatic rings. The Kier molecular flexibility index (Phi) is 5.92. The van der Waals surface area contributed by atoms with Gasteiger partial charge in [0, 0.05) is 37.0 Å². The van der Waals surface area contributed by atoms with Crippen molar-refractivity contribution in [3.63, 3.8) is 0 Å². The van der Waals surface area contributed by atoms with Gasteiger partial charge in [-0.05, 0) is 24.1 Å². The highest BCUT2D eigenvalue weighted by Crippen LogP contribution is 2.12. The third-order valence-corrected chi connectivity index (χ3v) is 3.86. The topological polar surface area (TPSA) is 24.9 Å². The Balaban J connectivity index is 1.58. The summed E-state index contributed by atoms with van der Waals surface area (Å²) >= 11 is 1.97. The van der Waals surface area contributed by atoms with Crippen LogP contribution in [0.4, 0.5) is 0 Å². The van der Waals surface area contributed by atoms with Crippen LogP contribution >= 0.6 is 11.8 Å². The molecule has 1 heterocycles. The molecule has 3 heteroatoms. The van der Waals surface area contributed by atoms with Crippen LogP contribution in [0.25, 0.3) is 0 Å². The lowest BCUT2D eigenvalue weighted by atomic mass is 10.2. The first-order valence-electron chi connectivity index (χ1n) is 6.57. The first-order chi connectivity index (χ1) is 9.34. The van der Waals surface area contributed by atoms with Crippen molar-refractivity contribution in [3.8, 4) is 0 Å². The van der Waals surface area contributed by atoms with Crippen LogP contribution in [0, 0.1) is 6.92 Å². The lowest BCUT2D eigenvalue weighted by Crippen LogP contribution is -2.16. The SMILES string of the molecule is Cc1cccc(CSCCNCc2cccnc2)c1. The van der Waals surface area contributed by atoms with E-state index in [-0.39, 0.29) is 0 Å². The summed E-state index contributed by atoms with van der Waals surface area (Å²) in [4.78, 5) is 4.10. The van der Waals surface area contributed by atoms with Crippen molar-refractivity contribution in [1.29, 1.82) is 0 Å². The van der Waals surface area contributed by atoms with E-state index in [1.54, 1.807) is 6.20 Å². The van der Waals surface area contributed by atoms with Crippen LogP contribution in [-0.2, 0) is 12.3 Å². The summed E-state index contributed by atoms with van der Waals surface area (Å²) in [7, 11) is 0. The van der Waals surface area contributed by atoms with E-state index >= 15 is 0 Å². The van der Waals surface area contributed by atoms with Crippen LogP contribution < -0.4 is 5.32 Å². The Morgan fingerprint density at radius 1 is 1.16 bits per heavy atom. The molecular formula is C16H20N2S. The molecule has 0 radical (unpaired) electrons. The molecule has 100 valence electrons. The summed E-state index contributed by atoms with van der Waals surface area (Å²) < 4.78 is 0. The van der Waals surface area contributed by atoms with Gasteiger partial charge in [-0.3, -0.25) is 4.98 Å². The summed E-state index contributed by atoms with van der Waals surface area (Å²) in [5, 5.41) is 3.44. The largest absolute Gasteiger partial charge is 0.312 e. The van der Waals surface area contributed by atoms with Gasteiger partial charge in [0.2, 0.25) is 0 Å². The zero-order valence-electron chi connectivity index (χ0n) is 11.3. The number of thioether (sulfide) groups is 1. The molecule has 0 unspecified atom stereocenters. The van der Waals surface area contributed by atoms with Crippen LogP contribution in [0.5, 0.6) is 0 Å². The zero-order chi connectivity index (χ0) is 13.3. The second-order valence-electron chi connectivity index (χ2n) is 4.58. The fourth-order valence-corrected chi connectivity index (χ4v) is 2.72. The Hall–Kier alpha value is -1.32. The average molecular weight is 272 g/mol. The quantitative estimate of drug-likeness (QED) is 0.782. The minimum atomic E-state index is 0.902. The summed E-state index contributed by atoms with van der Waals surface area (Å²) in [6.07, 6.45) is 3.72. The number of benzene rings is 1. The molecule has 1 aromatic heterocycles. The molecule has 0 amide bonds. The van der Waals surface area contributed by atoms with E-state index in [9.17, 15) is 0 Å². The van der Waals surface area contributed by atoms with Crippen molar-refractivity contribution in [2.24, 2.45) is 0 Å². The molecule has 1 N–H and O–H groups in total. The molecule has 0 saturated carbocycles. The molecule has 0 bridgehead atoms. The molecule has 0 aliphatic carbocycles. The van der Waals surface area contributed by atoms with Crippen LogP contribution in [0.1, 0.15) is 16.7 Å². The minimum Gasteiger partial charge on any atom is -0.312 e. The van der Waals surface area contributed by atoms with Crippen molar-refractivity contribution in [2.75, 3.05) is 12.3 Å². The van der Waals surface area contributed by atoms with Gasteiger partial charge in [-0.1, -0.05) is 35.9 Å². The van der Waals surface area contributed by atoms with Gasteiger partial charge in [0.05, 0.1) is 0 Å². The maximum Gasteiger partial charge on any atom is 0.0312 e. The number of rotatable bonds is 7. The van der Waals surface area contributed by atoms with Crippen molar-refractivity contribution in [2.45, 2.75) is 19.2 Å². The zero-order valence-corrected chi connectivity index (χ0v) is 12.1. The van der Waals surface area contributed by atoms with Crippen LogP contribution in [-0.4, -0.2) is 17.3 Å². The summed E-state index contributed by atoms with van der Waals surface area (Å²) in [6.45, 7) is 4.08. The maximum absolute atomic E-state index is 4.10. The molecule has 2 rings (SSSR count). The molecule has 0 fully saturated rings. The molecule has 19 heavy (non-hydrogen) atoms. The number of hydrogen-bond acceptors (Lipinski definition) is 3. The van der Waals surface area contributed by atoms with Crippen LogP contribution in [0.2, 0.25) is 0 Å². The predicted molar refractivity (Wildman–Crippen MR) is 83.3 cm³/mol. The first kappa shape index (κ1) is 14.1. The van der Waals surface area contributed by atoms with Gasteiger partial charge in [-0.2, -0.15) is 11.8 Å². The van der Waals surface area contributed by atoms with Crippen molar-refractivity contribution in [3.05, 3.63) is 65.5 Å². The Labute approximate surface area is 119 Å². The standard InChI is InChI=1S/C16H20N2S/c1-14-4-2-5-15(10-14)13-19-9-8-18-12-16-6-3-7-17-11-16/h2-7,10-11,18H,8-9,12-13H2,1H3. The predicted octanol–water partition coefficient (Wildman–Crippen LogP) is 3.41. The molecule has 1 aromatic carbocycles. The maximum atomic E-state index is 4.10. The van der Waals surface area contributed by atoms with Crippen molar-refractivity contribution >= 4 is 11.8 Å². The molecule has 0 atom stereocenters. The third kappa shape index (κ3) is 5.45. The summed E-state index contributed by atoms with van der Waals surface area (Å²) in [6, 6.07) is 12.8. The highest BCUT2D eigenvalue weighted by atomic mass is 32.2. The van der Waals surface area contributed by atoms with Crippen LogP contribution in [0.15, 0.2) is 48.8 Å². The van der Waals surface area contributed by atoms with E-state index in [1.807, 2.05) is 24.0 Å². The molecule has 2 nitrogen and oxygen atoms in total. The van der Waals surface area contributed by atoms with Gasteiger partial charge >= 0.3 is 0 Å². The summed E-state index contributed by atoms with van der Waals surface area (Å²) in [5.41, 5.74) is 4.00. The first-order valence-corrected chi connectivity index (χ1v) is 7.73. The monoisotopic (exact) mass is 272 g/mol. The smallest absolute Gasteiger partial charge is 0.0312 e. The number of nitrogens with zero attached hydrogens (tertiary/aromatic N) is 1. The lowest BCUT2D eigenvalue weighted by Gasteiger charge is -2.05. The second-order valence-corrected chi connectivity index (χ2v) is 5.68. The number of aromatic nitrogens is 1. The second kappa shape index (κ2) is 7.97.